The van der Waals surface area contributed by atoms with E-state index in [1.807, 2.05) is 24.0 Å². The normalized spacial score (nSPS) is 15.0. The molecule has 0 bridgehead atoms. The third-order valence-corrected chi connectivity index (χ3v) is 4.38. The lowest BCUT2D eigenvalue weighted by molar-refractivity contribution is -0.139. The van der Waals surface area contributed by atoms with Gasteiger partial charge in [-0.1, -0.05) is 13.0 Å². The number of imidazole rings is 1. The number of carbonyl (C=O) groups excluding carboxylic acids is 2. The van der Waals surface area contributed by atoms with E-state index < -0.39 is 0 Å². The van der Waals surface area contributed by atoms with Gasteiger partial charge in [-0.3, -0.25) is 9.59 Å². The number of hydrogen-bond acceptors (Lipinski definition) is 3. The average Bonchev–Trinajstić information content (AvgIpc) is 2.94. The third-order valence-electron chi connectivity index (χ3n) is 4.38. The molecule has 1 aromatic carbocycles. The zero-order valence-corrected chi connectivity index (χ0v) is 13.8. The van der Waals surface area contributed by atoms with Crippen LogP contribution in [0.2, 0.25) is 0 Å². The number of piperazine rings is 1. The Morgan fingerprint density at radius 3 is 2.29 bits per heavy atom. The second kappa shape index (κ2) is 6.90. The lowest BCUT2D eigenvalue weighted by Crippen LogP contribution is -2.50. The molecule has 7 nitrogen and oxygen atoms in total. The zero-order chi connectivity index (χ0) is 17.1. The summed E-state index contributed by atoms with van der Waals surface area (Å²) in [6, 6.07) is 5.48. The minimum Gasteiger partial charge on any atom is -0.339 e. The van der Waals surface area contributed by atoms with Gasteiger partial charge in [0.25, 0.3) is 0 Å². The Morgan fingerprint density at radius 2 is 1.62 bits per heavy atom. The standard InChI is InChI=1S/C17H22N4O3/c1-2-3-15(22)20-6-8-21(9-7-20)16(23)11-12-4-5-13-14(10-12)19-17(24)18-13/h4-5,10H,2-3,6-9,11H2,1H3,(H2,18,19,24). The molecule has 0 aliphatic carbocycles. The summed E-state index contributed by atoms with van der Waals surface area (Å²) in [5, 5.41) is 0. The van der Waals surface area contributed by atoms with Gasteiger partial charge in [0.2, 0.25) is 11.8 Å². The molecule has 2 heterocycles. The molecule has 2 N–H and O–H groups in total. The summed E-state index contributed by atoms with van der Waals surface area (Å²) >= 11 is 0. The number of aromatic nitrogens is 2. The van der Waals surface area contributed by atoms with Crippen molar-refractivity contribution in [1.82, 2.24) is 19.8 Å². The van der Waals surface area contributed by atoms with E-state index in [0.29, 0.717) is 44.5 Å². The van der Waals surface area contributed by atoms with Crippen molar-refractivity contribution in [3.05, 3.63) is 34.2 Å². The molecule has 2 amide bonds. The van der Waals surface area contributed by atoms with Gasteiger partial charge in [-0.05, 0) is 24.1 Å². The molecule has 3 rings (SSSR count). The molecule has 0 radical (unpaired) electrons. The van der Waals surface area contributed by atoms with Gasteiger partial charge in [0.05, 0.1) is 17.5 Å². The molecular formula is C17H22N4O3. The lowest BCUT2D eigenvalue weighted by atomic mass is 10.1. The first-order chi connectivity index (χ1) is 11.6. The van der Waals surface area contributed by atoms with Crippen LogP contribution in [0.3, 0.4) is 0 Å². The van der Waals surface area contributed by atoms with Crippen molar-refractivity contribution in [3.8, 4) is 0 Å². The van der Waals surface area contributed by atoms with Crippen LogP contribution in [-0.4, -0.2) is 57.8 Å². The monoisotopic (exact) mass is 330 g/mol. The number of amides is 2. The number of fused-ring (bicyclic) bond motifs is 1. The van der Waals surface area contributed by atoms with Crippen LogP contribution in [0.15, 0.2) is 23.0 Å². The molecule has 0 spiro atoms. The SMILES string of the molecule is CCCC(=O)N1CCN(C(=O)Cc2ccc3[nH]c(=O)[nH]c3c2)CC1. The number of hydrogen-bond donors (Lipinski definition) is 2. The summed E-state index contributed by atoms with van der Waals surface area (Å²) in [6.07, 6.45) is 1.72. The predicted molar refractivity (Wildman–Crippen MR) is 90.7 cm³/mol. The van der Waals surface area contributed by atoms with Crippen LogP contribution >= 0.6 is 0 Å². The largest absolute Gasteiger partial charge is 0.339 e. The minimum atomic E-state index is -0.249. The summed E-state index contributed by atoms with van der Waals surface area (Å²) in [5.41, 5.74) is 2.06. The first-order valence-electron chi connectivity index (χ1n) is 8.33. The molecule has 2 aromatic rings. The van der Waals surface area contributed by atoms with Crippen LogP contribution < -0.4 is 5.69 Å². The number of aromatic amines is 2. The molecular weight excluding hydrogens is 308 g/mol. The Bertz CT molecular complexity index is 800. The fourth-order valence-corrected chi connectivity index (χ4v) is 3.05. The summed E-state index contributed by atoms with van der Waals surface area (Å²) in [4.78, 5) is 44.6. The van der Waals surface area contributed by atoms with Gasteiger partial charge in [0, 0.05) is 32.6 Å². The van der Waals surface area contributed by atoms with Crippen molar-refractivity contribution in [1.29, 1.82) is 0 Å². The highest BCUT2D eigenvalue weighted by Gasteiger charge is 2.23. The van der Waals surface area contributed by atoms with Crippen LogP contribution in [-0.2, 0) is 16.0 Å². The highest BCUT2D eigenvalue weighted by molar-refractivity contribution is 5.82. The van der Waals surface area contributed by atoms with Crippen molar-refractivity contribution >= 4 is 22.8 Å². The third kappa shape index (κ3) is 3.50. The Labute approximate surface area is 139 Å². The van der Waals surface area contributed by atoms with E-state index in [9.17, 15) is 14.4 Å². The molecule has 1 aromatic heterocycles. The average molecular weight is 330 g/mol. The molecule has 7 heteroatoms. The van der Waals surface area contributed by atoms with E-state index in [0.717, 1.165) is 17.5 Å². The van der Waals surface area contributed by atoms with Gasteiger partial charge in [-0.15, -0.1) is 0 Å². The molecule has 24 heavy (non-hydrogen) atoms. The Hall–Kier alpha value is -2.57. The zero-order valence-electron chi connectivity index (χ0n) is 13.8. The van der Waals surface area contributed by atoms with E-state index in [2.05, 4.69) is 9.97 Å². The van der Waals surface area contributed by atoms with Crippen LogP contribution in [0, 0.1) is 0 Å². The van der Waals surface area contributed by atoms with Crippen LogP contribution in [0.25, 0.3) is 11.0 Å². The van der Waals surface area contributed by atoms with Gasteiger partial charge in [-0.2, -0.15) is 0 Å². The van der Waals surface area contributed by atoms with Crippen molar-refractivity contribution < 1.29 is 9.59 Å². The Balaban J connectivity index is 1.59. The maximum absolute atomic E-state index is 12.5. The number of nitrogens with zero attached hydrogens (tertiary/aromatic N) is 2. The predicted octanol–water partition coefficient (Wildman–Crippen LogP) is 0.870. The summed E-state index contributed by atoms with van der Waals surface area (Å²) < 4.78 is 0. The molecule has 0 atom stereocenters. The summed E-state index contributed by atoms with van der Waals surface area (Å²) in [5.74, 6) is 0.223. The van der Waals surface area contributed by atoms with E-state index in [1.165, 1.54) is 0 Å². The van der Waals surface area contributed by atoms with E-state index in [1.54, 1.807) is 11.0 Å². The van der Waals surface area contributed by atoms with E-state index in [4.69, 9.17) is 0 Å². The quantitative estimate of drug-likeness (QED) is 0.872. The van der Waals surface area contributed by atoms with Gasteiger partial charge in [0.1, 0.15) is 0 Å². The van der Waals surface area contributed by atoms with Crippen molar-refractivity contribution in [3.63, 3.8) is 0 Å². The van der Waals surface area contributed by atoms with Gasteiger partial charge in [0.15, 0.2) is 0 Å². The van der Waals surface area contributed by atoms with E-state index in [-0.39, 0.29) is 17.5 Å². The lowest BCUT2D eigenvalue weighted by Gasteiger charge is -2.35. The summed E-state index contributed by atoms with van der Waals surface area (Å²) in [6.45, 7) is 4.37. The second-order valence-electron chi connectivity index (χ2n) is 6.15. The van der Waals surface area contributed by atoms with Gasteiger partial charge >= 0.3 is 5.69 Å². The van der Waals surface area contributed by atoms with Crippen molar-refractivity contribution in [2.24, 2.45) is 0 Å². The summed E-state index contributed by atoms with van der Waals surface area (Å²) in [7, 11) is 0. The number of carbonyl (C=O) groups is 2. The molecule has 1 aliphatic heterocycles. The number of H-pyrrole nitrogens is 2. The van der Waals surface area contributed by atoms with Crippen LogP contribution in [0.1, 0.15) is 25.3 Å². The first-order valence-corrected chi connectivity index (χ1v) is 8.33. The van der Waals surface area contributed by atoms with E-state index >= 15 is 0 Å². The fraction of sp³-hybridized carbons (Fsp3) is 0.471. The maximum atomic E-state index is 12.5. The van der Waals surface area contributed by atoms with Gasteiger partial charge in [-0.25, -0.2) is 4.79 Å². The Morgan fingerprint density at radius 1 is 1.00 bits per heavy atom. The molecule has 1 saturated heterocycles. The van der Waals surface area contributed by atoms with Gasteiger partial charge < -0.3 is 19.8 Å². The Kier molecular flexibility index (Phi) is 4.69. The highest BCUT2D eigenvalue weighted by Crippen LogP contribution is 2.13. The maximum Gasteiger partial charge on any atom is 0.323 e. The number of rotatable bonds is 4. The fourth-order valence-electron chi connectivity index (χ4n) is 3.05. The molecule has 0 unspecified atom stereocenters. The smallest absolute Gasteiger partial charge is 0.323 e. The molecule has 0 saturated carbocycles. The molecule has 1 aliphatic rings. The molecule has 128 valence electrons. The number of nitrogens with one attached hydrogen (secondary N) is 2. The second-order valence-corrected chi connectivity index (χ2v) is 6.15. The molecule has 1 fully saturated rings. The van der Waals surface area contributed by atoms with Crippen LogP contribution in [0.4, 0.5) is 0 Å². The highest BCUT2D eigenvalue weighted by atomic mass is 16.2. The van der Waals surface area contributed by atoms with Crippen molar-refractivity contribution in [2.75, 3.05) is 26.2 Å². The number of benzene rings is 1. The topological polar surface area (TPSA) is 89.3 Å². The first kappa shape index (κ1) is 16.3. The minimum absolute atomic E-state index is 0.0508. The van der Waals surface area contributed by atoms with Crippen molar-refractivity contribution in [2.45, 2.75) is 26.2 Å². The van der Waals surface area contributed by atoms with Crippen LogP contribution in [0.5, 0.6) is 0 Å².